The highest BCUT2D eigenvalue weighted by atomic mass is 16.5. The first-order chi connectivity index (χ1) is 9.15. The van der Waals surface area contributed by atoms with Gasteiger partial charge in [0.25, 0.3) is 0 Å². The van der Waals surface area contributed by atoms with Crippen molar-refractivity contribution >= 4 is 5.84 Å². The Hall–Kier alpha value is -1.75. The van der Waals surface area contributed by atoms with Gasteiger partial charge in [-0.05, 0) is 25.2 Å². The van der Waals surface area contributed by atoms with Crippen LogP contribution in [0.2, 0.25) is 0 Å². The van der Waals surface area contributed by atoms with Crippen LogP contribution in [-0.4, -0.2) is 63.1 Å². The Morgan fingerprint density at radius 3 is 2.26 bits per heavy atom. The van der Waals surface area contributed by atoms with Gasteiger partial charge in [0.15, 0.2) is 11.5 Å². The lowest BCUT2D eigenvalue weighted by atomic mass is 10.1. The molecule has 0 bridgehead atoms. The van der Waals surface area contributed by atoms with Crippen molar-refractivity contribution in [3.8, 4) is 11.5 Å². The van der Waals surface area contributed by atoms with E-state index < -0.39 is 0 Å². The fourth-order valence-electron chi connectivity index (χ4n) is 2.20. The van der Waals surface area contributed by atoms with Crippen LogP contribution in [0.5, 0.6) is 11.5 Å². The van der Waals surface area contributed by atoms with E-state index in [1.807, 2.05) is 18.2 Å². The number of piperazine rings is 1. The molecular formula is C14H21N3O2. The maximum absolute atomic E-state index is 8.30. The summed E-state index contributed by atoms with van der Waals surface area (Å²) in [5.41, 5.74) is 0.863. The van der Waals surface area contributed by atoms with Crippen LogP contribution in [0.15, 0.2) is 18.2 Å². The summed E-state index contributed by atoms with van der Waals surface area (Å²) < 4.78 is 10.5. The minimum Gasteiger partial charge on any atom is -0.493 e. The summed E-state index contributed by atoms with van der Waals surface area (Å²) in [4.78, 5) is 4.37. The Morgan fingerprint density at radius 2 is 1.68 bits per heavy atom. The molecule has 0 aromatic heterocycles. The van der Waals surface area contributed by atoms with Gasteiger partial charge in [-0.2, -0.15) is 0 Å². The van der Waals surface area contributed by atoms with Crippen molar-refractivity contribution in [3.63, 3.8) is 0 Å². The number of nitrogens with one attached hydrogen (secondary N) is 1. The van der Waals surface area contributed by atoms with E-state index in [0.29, 0.717) is 17.3 Å². The molecule has 1 N–H and O–H groups in total. The van der Waals surface area contributed by atoms with E-state index in [-0.39, 0.29) is 0 Å². The van der Waals surface area contributed by atoms with E-state index in [0.717, 1.165) is 31.7 Å². The lowest BCUT2D eigenvalue weighted by molar-refractivity contribution is 0.215. The van der Waals surface area contributed by atoms with Crippen LogP contribution < -0.4 is 9.47 Å². The average Bonchev–Trinajstić information content (AvgIpc) is 2.46. The fraction of sp³-hybridized carbons (Fsp3) is 0.500. The van der Waals surface area contributed by atoms with Crippen molar-refractivity contribution in [2.75, 3.05) is 47.4 Å². The third kappa shape index (κ3) is 2.98. The molecule has 0 atom stereocenters. The predicted octanol–water partition coefficient (Wildman–Crippen LogP) is 1.28. The molecule has 0 unspecified atom stereocenters. The zero-order valence-electron chi connectivity index (χ0n) is 11.8. The largest absolute Gasteiger partial charge is 0.493 e. The molecule has 0 aliphatic carbocycles. The van der Waals surface area contributed by atoms with Gasteiger partial charge in [0.1, 0.15) is 5.84 Å². The van der Waals surface area contributed by atoms with Crippen molar-refractivity contribution in [2.45, 2.75) is 0 Å². The molecule has 1 saturated heterocycles. The quantitative estimate of drug-likeness (QED) is 0.659. The summed E-state index contributed by atoms with van der Waals surface area (Å²) in [5.74, 6) is 1.91. The van der Waals surface area contributed by atoms with Gasteiger partial charge in [-0.15, -0.1) is 0 Å². The molecule has 5 nitrogen and oxygen atoms in total. The van der Waals surface area contributed by atoms with Crippen LogP contribution >= 0.6 is 0 Å². The Bertz CT molecular complexity index is 454. The lowest BCUT2D eigenvalue weighted by Crippen LogP contribution is -2.47. The summed E-state index contributed by atoms with van der Waals surface area (Å²) >= 11 is 0. The fourth-order valence-corrected chi connectivity index (χ4v) is 2.20. The zero-order valence-corrected chi connectivity index (χ0v) is 11.8. The third-order valence-electron chi connectivity index (χ3n) is 3.48. The van der Waals surface area contributed by atoms with Gasteiger partial charge in [0, 0.05) is 31.7 Å². The molecule has 1 fully saturated rings. The molecular weight excluding hydrogens is 242 g/mol. The first-order valence-electron chi connectivity index (χ1n) is 6.40. The SMILES string of the molecule is COc1ccc(C(=N)N2CCN(C)CC2)cc1OC. The molecule has 0 amide bonds. The van der Waals surface area contributed by atoms with Gasteiger partial charge in [-0.1, -0.05) is 0 Å². The topological polar surface area (TPSA) is 48.8 Å². The van der Waals surface area contributed by atoms with Crippen LogP contribution in [0, 0.1) is 5.41 Å². The summed E-state index contributed by atoms with van der Waals surface area (Å²) in [7, 11) is 5.34. The summed E-state index contributed by atoms with van der Waals surface area (Å²) in [5, 5.41) is 8.30. The zero-order chi connectivity index (χ0) is 13.8. The Labute approximate surface area is 114 Å². The van der Waals surface area contributed by atoms with Gasteiger partial charge in [0.05, 0.1) is 14.2 Å². The molecule has 2 rings (SSSR count). The van der Waals surface area contributed by atoms with E-state index in [1.54, 1.807) is 14.2 Å². The first kappa shape index (κ1) is 13.7. The number of rotatable bonds is 3. The molecule has 0 saturated carbocycles. The van der Waals surface area contributed by atoms with Gasteiger partial charge < -0.3 is 19.3 Å². The maximum atomic E-state index is 8.30. The molecule has 19 heavy (non-hydrogen) atoms. The van der Waals surface area contributed by atoms with Gasteiger partial charge >= 0.3 is 0 Å². The van der Waals surface area contributed by atoms with E-state index in [9.17, 15) is 0 Å². The number of hydrogen-bond donors (Lipinski definition) is 1. The van der Waals surface area contributed by atoms with Gasteiger partial charge in [-0.25, -0.2) is 0 Å². The van der Waals surface area contributed by atoms with Crippen molar-refractivity contribution in [2.24, 2.45) is 0 Å². The van der Waals surface area contributed by atoms with Crippen LogP contribution in [0.1, 0.15) is 5.56 Å². The minimum absolute atomic E-state index is 0.550. The number of amidine groups is 1. The summed E-state index contributed by atoms with van der Waals surface area (Å²) in [6.07, 6.45) is 0. The molecule has 0 radical (unpaired) electrons. The monoisotopic (exact) mass is 263 g/mol. The molecule has 1 aromatic carbocycles. The molecule has 0 spiro atoms. The van der Waals surface area contributed by atoms with Gasteiger partial charge in [-0.3, -0.25) is 5.41 Å². The first-order valence-corrected chi connectivity index (χ1v) is 6.40. The number of benzene rings is 1. The van der Waals surface area contributed by atoms with E-state index >= 15 is 0 Å². The lowest BCUT2D eigenvalue weighted by Gasteiger charge is -2.34. The van der Waals surface area contributed by atoms with Crippen LogP contribution in [0.4, 0.5) is 0 Å². The molecule has 104 valence electrons. The second-order valence-corrected chi connectivity index (χ2v) is 4.71. The van der Waals surface area contributed by atoms with Gasteiger partial charge in [0.2, 0.25) is 0 Å². The summed E-state index contributed by atoms with van der Waals surface area (Å²) in [6.45, 7) is 3.78. The number of likely N-dealkylation sites (N-methyl/N-ethyl adjacent to an activating group) is 1. The van der Waals surface area contributed by atoms with Crippen LogP contribution in [-0.2, 0) is 0 Å². The van der Waals surface area contributed by atoms with E-state index in [1.165, 1.54) is 0 Å². The average molecular weight is 263 g/mol. The standard InChI is InChI=1S/C14H21N3O2/c1-16-6-8-17(9-7-16)14(15)11-4-5-12(18-2)13(10-11)19-3/h4-5,10,15H,6-9H2,1-3H3. The van der Waals surface area contributed by atoms with Crippen LogP contribution in [0.25, 0.3) is 0 Å². The maximum Gasteiger partial charge on any atom is 0.161 e. The van der Waals surface area contributed by atoms with Crippen molar-refractivity contribution in [1.29, 1.82) is 5.41 Å². The van der Waals surface area contributed by atoms with Crippen LogP contribution in [0.3, 0.4) is 0 Å². The van der Waals surface area contributed by atoms with Crippen molar-refractivity contribution in [3.05, 3.63) is 23.8 Å². The number of methoxy groups -OCH3 is 2. The normalized spacial score (nSPS) is 16.3. The van der Waals surface area contributed by atoms with Crippen molar-refractivity contribution < 1.29 is 9.47 Å². The molecule has 5 heteroatoms. The predicted molar refractivity (Wildman–Crippen MR) is 75.4 cm³/mol. The smallest absolute Gasteiger partial charge is 0.161 e. The number of nitrogens with zero attached hydrogens (tertiary/aromatic N) is 2. The van der Waals surface area contributed by atoms with E-state index in [2.05, 4.69) is 16.8 Å². The Kier molecular flexibility index (Phi) is 4.27. The molecule has 1 aliphatic heterocycles. The molecule has 1 heterocycles. The van der Waals surface area contributed by atoms with E-state index in [4.69, 9.17) is 14.9 Å². The molecule has 1 aromatic rings. The minimum atomic E-state index is 0.550. The number of ether oxygens (including phenoxy) is 2. The highest BCUT2D eigenvalue weighted by Crippen LogP contribution is 2.28. The second-order valence-electron chi connectivity index (χ2n) is 4.71. The Balaban J connectivity index is 2.15. The second kappa shape index (κ2) is 5.93. The van der Waals surface area contributed by atoms with Crippen molar-refractivity contribution in [1.82, 2.24) is 9.80 Å². The highest BCUT2D eigenvalue weighted by Gasteiger charge is 2.18. The summed E-state index contributed by atoms with van der Waals surface area (Å²) in [6, 6.07) is 5.61. The number of hydrogen-bond acceptors (Lipinski definition) is 4. The Morgan fingerprint density at radius 1 is 1.05 bits per heavy atom. The highest BCUT2D eigenvalue weighted by molar-refractivity contribution is 5.97. The third-order valence-corrected chi connectivity index (χ3v) is 3.48. The molecule has 1 aliphatic rings.